The third-order valence-electron chi connectivity index (χ3n) is 4.99. The molecule has 2 aliphatic heterocycles. The molecule has 1 aromatic rings. The standard InChI is InChI=1S/C18H27N3O/c1-14(21-11-9-16-4-2-3-5-17(16)21)12-20-18(22)7-6-15-8-10-19-13-15/h2-5,14-15,19H,6-13H2,1H3,(H,20,22). The Morgan fingerprint density at radius 2 is 2.32 bits per heavy atom. The Morgan fingerprint density at radius 3 is 3.14 bits per heavy atom. The molecule has 2 unspecified atom stereocenters. The zero-order chi connectivity index (χ0) is 15.4. The second-order valence-corrected chi connectivity index (χ2v) is 6.62. The molecule has 0 saturated carbocycles. The maximum absolute atomic E-state index is 12.0. The third-order valence-corrected chi connectivity index (χ3v) is 4.99. The molecule has 4 nitrogen and oxygen atoms in total. The molecule has 0 aromatic heterocycles. The maximum Gasteiger partial charge on any atom is 0.220 e. The van der Waals surface area contributed by atoms with E-state index in [9.17, 15) is 4.79 Å². The topological polar surface area (TPSA) is 44.4 Å². The van der Waals surface area contributed by atoms with E-state index < -0.39 is 0 Å². The average molecular weight is 301 g/mol. The van der Waals surface area contributed by atoms with Crippen molar-refractivity contribution in [2.24, 2.45) is 5.92 Å². The van der Waals surface area contributed by atoms with Gasteiger partial charge in [-0.1, -0.05) is 18.2 Å². The second-order valence-electron chi connectivity index (χ2n) is 6.62. The first-order valence-electron chi connectivity index (χ1n) is 8.56. The lowest BCUT2D eigenvalue weighted by atomic mass is 10.0. The Labute approximate surface area is 133 Å². The molecule has 120 valence electrons. The Bertz CT molecular complexity index is 511. The summed E-state index contributed by atoms with van der Waals surface area (Å²) in [6, 6.07) is 8.94. The van der Waals surface area contributed by atoms with Crippen molar-refractivity contribution in [2.75, 3.05) is 31.1 Å². The smallest absolute Gasteiger partial charge is 0.220 e. The molecule has 2 atom stereocenters. The predicted octanol–water partition coefficient (Wildman–Crippen LogP) is 1.94. The molecule has 0 bridgehead atoms. The van der Waals surface area contributed by atoms with Crippen molar-refractivity contribution in [2.45, 2.75) is 38.6 Å². The van der Waals surface area contributed by atoms with Crippen LogP contribution in [-0.4, -0.2) is 38.1 Å². The van der Waals surface area contributed by atoms with Crippen molar-refractivity contribution in [3.8, 4) is 0 Å². The SMILES string of the molecule is CC(CNC(=O)CCC1CCNC1)N1CCc2ccccc21. The number of para-hydroxylation sites is 1. The number of nitrogens with one attached hydrogen (secondary N) is 2. The third kappa shape index (κ3) is 3.61. The quantitative estimate of drug-likeness (QED) is 0.844. The Balaban J connectivity index is 1.42. The highest BCUT2D eigenvalue weighted by molar-refractivity contribution is 5.76. The predicted molar refractivity (Wildman–Crippen MR) is 90.2 cm³/mol. The molecule has 1 fully saturated rings. The summed E-state index contributed by atoms with van der Waals surface area (Å²) in [4.78, 5) is 14.4. The van der Waals surface area contributed by atoms with E-state index in [1.165, 1.54) is 17.7 Å². The van der Waals surface area contributed by atoms with Crippen LogP contribution in [0, 0.1) is 5.92 Å². The summed E-state index contributed by atoms with van der Waals surface area (Å²) in [5, 5.41) is 6.47. The molecular weight excluding hydrogens is 274 g/mol. The lowest BCUT2D eigenvalue weighted by Crippen LogP contribution is -2.41. The van der Waals surface area contributed by atoms with Crippen molar-refractivity contribution in [3.63, 3.8) is 0 Å². The fourth-order valence-electron chi connectivity index (χ4n) is 3.58. The summed E-state index contributed by atoms with van der Waals surface area (Å²) in [6.45, 7) is 6.18. The number of rotatable bonds is 6. The van der Waals surface area contributed by atoms with E-state index in [0.29, 0.717) is 18.4 Å². The van der Waals surface area contributed by atoms with Crippen LogP contribution in [0.1, 0.15) is 31.7 Å². The summed E-state index contributed by atoms with van der Waals surface area (Å²) in [6.07, 6.45) is 4.01. The van der Waals surface area contributed by atoms with Crippen LogP contribution < -0.4 is 15.5 Å². The number of carbonyl (C=O) groups excluding carboxylic acids is 1. The summed E-state index contributed by atoms with van der Waals surface area (Å²) >= 11 is 0. The monoisotopic (exact) mass is 301 g/mol. The summed E-state index contributed by atoms with van der Waals surface area (Å²) in [7, 11) is 0. The number of benzene rings is 1. The van der Waals surface area contributed by atoms with E-state index in [-0.39, 0.29) is 5.91 Å². The first-order valence-corrected chi connectivity index (χ1v) is 8.56. The van der Waals surface area contributed by atoms with Crippen LogP contribution in [0.15, 0.2) is 24.3 Å². The Kier molecular flexibility index (Phi) is 4.98. The Morgan fingerprint density at radius 1 is 1.45 bits per heavy atom. The fourth-order valence-corrected chi connectivity index (χ4v) is 3.58. The molecule has 1 amide bonds. The van der Waals surface area contributed by atoms with Crippen LogP contribution in [0.25, 0.3) is 0 Å². The van der Waals surface area contributed by atoms with E-state index in [2.05, 4.69) is 46.7 Å². The van der Waals surface area contributed by atoms with E-state index in [1.807, 2.05) is 0 Å². The van der Waals surface area contributed by atoms with E-state index in [1.54, 1.807) is 0 Å². The lowest BCUT2D eigenvalue weighted by molar-refractivity contribution is -0.121. The number of fused-ring (bicyclic) bond motifs is 1. The van der Waals surface area contributed by atoms with Crippen LogP contribution in [0.3, 0.4) is 0 Å². The van der Waals surface area contributed by atoms with Gasteiger partial charge in [-0.15, -0.1) is 0 Å². The van der Waals surface area contributed by atoms with Crippen LogP contribution in [0.5, 0.6) is 0 Å². The van der Waals surface area contributed by atoms with Gasteiger partial charge >= 0.3 is 0 Å². The molecule has 2 heterocycles. The molecule has 2 aliphatic rings. The fraction of sp³-hybridized carbons (Fsp3) is 0.611. The molecule has 4 heteroatoms. The maximum atomic E-state index is 12.0. The van der Waals surface area contributed by atoms with E-state index in [0.717, 1.165) is 39.0 Å². The van der Waals surface area contributed by atoms with E-state index >= 15 is 0 Å². The number of amides is 1. The minimum atomic E-state index is 0.200. The van der Waals surface area contributed by atoms with Gasteiger partial charge in [0.2, 0.25) is 5.91 Å². The first-order chi connectivity index (χ1) is 10.7. The van der Waals surface area contributed by atoms with Gasteiger partial charge in [0.15, 0.2) is 0 Å². The highest BCUT2D eigenvalue weighted by atomic mass is 16.1. The molecular formula is C18H27N3O. The van der Waals surface area contributed by atoms with Crippen LogP contribution in [-0.2, 0) is 11.2 Å². The van der Waals surface area contributed by atoms with Crippen molar-refractivity contribution in [1.82, 2.24) is 10.6 Å². The first kappa shape index (κ1) is 15.3. The van der Waals surface area contributed by atoms with Gasteiger partial charge in [0.05, 0.1) is 0 Å². The number of hydrogen-bond acceptors (Lipinski definition) is 3. The minimum absolute atomic E-state index is 0.200. The van der Waals surface area contributed by atoms with Crippen molar-refractivity contribution in [3.05, 3.63) is 29.8 Å². The van der Waals surface area contributed by atoms with Gasteiger partial charge < -0.3 is 15.5 Å². The Hall–Kier alpha value is -1.55. The van der Waals surface area contributed by atoms with Gasteiger partial charge in [-0.3, -0.25) is 4.79 Å². The summed E-state index contributed by atoms with van der Waals surface area (Å²) < 4.78 is 0. The zero-order valence-electron chi connectivity index (χ0n) is 13.5. The number of nitrogens with zero attached hydrogens (tertiary/aromatic N) is 1. The number of carbonyl (C=O) groups is 1. The highest BCUT2D eigenvalue weighted by Crippen LogP contribution is 2.28. The molecule has 1 aromatic carbocycles. The summed E-state index contributed by atoms with van der Waals surface area (Å²) in [5.74, 6) is 0.889. The zero-order valence-corrected chi connectivity index (χ0v) is 13.5. The van der Waals surface area contributed by atoms with Crippen molar-refractivity contribution < 1.29 is 4.79 Å². The van der Waals surface area contributed by atoms with Crippen LogP contribution in [0.4, 0.5) is 5.69 Å². The van der Waals surface area contributed by atoms with Gasteiger partial charge in [-0.25, -0.2) is 0 Å². The molecule has 0 radical (unpaired) electrons. The van der Waals surface area contributed by atoms with Gasteiger partial charge in [-0.2, -0.15) is 0 Å². The molecule has 1 saturated heterocycles. The van der Waals surface area contributed by atoms with Crippen molar-refractivity contribution in [1.29, 1.82) is 0 Å². The normalized spacial score (nSPS) is 21.7. The molecule has 22 heavy (non-hydrogen) atoms. The van der Waals surface area contributed by atoms with Gasteiger partial charge in [-0.05, 0) is 56.8 Å². The molecule has 3 rings (SSSR count). The number of anilines is 1. The largest absolute Gasteiger partial charge is 0.366 e. The highest BCUT2D eigenvalue weighted by Gasteiger charge is 2.23. The summed E-state index contributed by atoms with van der Waals surface area (Å²) in [5.41, 5.74) is 2.76. The molecule has 0 spiro atoms. The van der Waals surface area contributed by atoms with E-state index in [4.69, 9.17) is 0 Å². The number of hydrogen-bond donors (Lipinski definition) is 2. The molecule has 2 N–H and O–H groups in total. The minimum Gasteiger partial charge on any atom is -0.366 e. The molecule has 0 aliphatic carbocycles. The van der Waals surface area contributed by atoms with Gasteiger partial charge in [0, 0.05) is 31.2 Å². The van der Waals surface area contributed by atoms with Crippen molar-refractivity contribution >= 4 is 11.6 Å². The lowest BCUT2D eigenvalue weighted by Gasteiger charge is -2.27. The second kappa shape index (κ2) is 7.14. The van der Waals surface area contributed by atoms with Gasteiger partial charge in [0.25, 0.3) is 0 Å². The van der Waals surface area contributed by atoms with Gasteiger partial charge in [0.1, 0.15) is 0 Å². The average Bonchev–Trinajstić information content (AvgIpc) is 3.19. The van der Waals surface area contributed by atoms with Crippen LogP contribution >= 0.6 is 0 Å². The van der Waals surface area contributed by atoms with Crippen LogP contribution in [0.2, 0.25) is 0 Å².